The maximum atomic E-state index is 10.0. The third kappa shape index (κ3) is 4.63. The van der Waals surface area contributed by atoms with Crippen LogP contribution in [-0.2, 0) is 12.8 Å². The molecule has 1 aromatic carbocycles. The summed E-state index contributed by atoms with van der Waals surface area (Å²) in [6, 6.07) is 8.86. The van der Waals surface area contributed by atoms with Crippen molar-refractivity contribution in [1.82, 2.24) is 0 Å². The smallest absolute Gasteiger partial charge is 0.0568 e. The quantitative estimate of drug-likeness (QED) is 0.826. The van der Waals surface area contributed by atoms with Crippen molar-refractivity contribution in [1.29, 1.82) is 0 Å². The van der Waals surface area contributed by atoms with Gasteiger partial charge in [0, 0.05) is 0 Å². The van der Waals surface area contributed by atoms with Gasteiger partial charge >= 0.3 is 0 Å². The van der Waals surface area contributed by atoms with Crippen LogP contribution in [-0.4, -0.2) is 17.8 Å². The first-order chi connectivity index (χ1) is 9.29. The first-order valence-electron chi connectivity index (χ1n) is 7.75. The maximum Gasteiger partial charge on any atom is 0.0568 e. The summed E-state index contributed by atoms with van der Waals surface area (Å²) in [6.45, 7) is 0.762. The predicted octanol–water partition coefficient (Wildman–Crippen LogP) is 3.06. The monoisotopic (exact) mass is 261 g/mol. The fraction of sp³-hybridized carbons (Fsp3) is 0.647. The van der Waals surface area contributed by atoms with Gasteiger partial charge in [-0.15, -0.1) is 0 Å². The van der Waals surface area contributed by atoms with Gasteiger partial charge in [0.15, 0.2) is 0 Å². The molecule has 1 aromatic rings. The lowest BCUT2D eigenvalue weighted by Gasteiger charge is -2.27. The zero-order valence-electron chi connectivity index (χ0n) is 11.9. The van der Waals surface area contributed by atoms with Crippen molar-refractivity contribution in [2.75, 3.05) is 6.54 Å². The lowest BCUT2D eigenvalue weighted by molar-refractivity contribution is 0.0655. The Kier molecular flexibility index (Phi) is 5.87. The fourth-order valence-electron chi connectivity index (χ4n) is 3.12. The second-order valence-corrected chi connectivity index (χ2v) is 5.86. The summed E-state index contributed by atoms with van der Waals surface area (Å²) in [4.78, 5) is 0. The highest BCUT2D eigenvalue weighted by Gasteiger charge is 2.22. The Morgan fingerprint density at radius 3 is 2.58 bits per heavy atom. The third-order valence-electron chi connectivity index (χ3n) is 4.33. The van der Waals surface area contributed by atoms with Gasteiger partial charge in [-0.25, -0.2) is 0 Å². The molecule has 2 unspecified atom stereocenters. The Morgan fingerprint density at radius 2 is 1.84 bits per heavy atom. The predicted molar refractivity (Wildman–Crippen MR) is 80.1 cm³/mol. The summed E-state index contributed by atoms with van der Waals surface area (Å²) in [6.07, 6.45) is 9.00. The van der Waals surface area contributed by atoms with Crippen molar-refractivity contribution < 1.29 is 5.11 Å². The van der Waals surface area contributed by atoms with E-state index in [1.54, 1.807) is 0 Å². The minimum Gasteiger partial charge on any atom is -0.393 e. The van der Waals surface area contributed by atoms with E-state index < -0.39 is 0 Å². The highest BCUT2D eigenvalue weighted by Crippen LogP contribution is 2.28. The van der Waals surface area contributed by atoms with E-state index in [2.05, 4.69) is 24.3 Å². The van der Waals surface area contributed by atoms with Crippen LogP contribution in [0.2, 0.25) is 0 Å². The molecule has 1 aliphatic carbocycles. The van der Waals surface area contributed by atoms with Crippen molar-refractivity contribution in [2.24, 2.45) is 11.7 Å². The maximum absolute atomic E-state index is 10.0. The first-order valence-corrected chi connectivity index (χ1v) is 7.75. The van der Waals surface area contributed by atoms with Crippen LogP contribution in [0.5, 0.6) is 0 Å². The third-order valence-corrected chi connectivity index (χ3v) is 4.33. The van der Waals surface area contributed by atoms with Gasteiger partial charge < -0.3 is 10.8 Å². The molecule has 1 saturated carbocycles. The lowest BCUT2D eigenvalue weighted by Crippen LogP contribution is -2.24. The highest BCUT2D eigenvalue weighted by atomic mass is 16.3. The summed E-state index contributed by atoms with van der Waals surface area (Å²) in [7, 11) is 0. The van der Waals surface area contributed by atoms with E-state index in [9.17, 15) is 5.11 Å². The van der Waals surface area contributed by atoms with Crippen molar-refractivity contribution in [2.45, 2.75) is 57.5 Å². The molecule has 2 nitrogen and oxygen atoms in total. The van der Waals surface area contributed by atoms with Gasteiger partial charge in [0.1, 0.15) is 0 Å². The molecule has 0 spiro atoms. The molecule has 0 radical (unpaired) electrons. The molecule has 0 aliphatic heterocycles. The number of aliphatic hydroxyl groups excluding tert-OH is 1. The minimum absolute atomic E-state index is 0.0610. The molecule has 0 amide bonds. The molecule has 3 N–H and O–H groups in total. The van der Waals surface area contributed by atoms with Gasteiger partial charge in [0.25, 0.3) is 0 Å². The standard InChI is InChI=1S/C17H27NO/c18-12-4-7-14-5-3-6-15(13-14)10-11-16-8-1-2-9-17(16)19/h3,5-6,13,16-17,19H,1-2,4,7-12,18H2. The van der Waals surface area contributed by atoms with Crippen LogP contribution in [0, 0.1) is 5.92 Å². The number of aliphatic hydroxyl groups is 1. The average molecular weight is 261 g/mol. The summed E-state index contributed by atoms with van der Waals surface area (Å²) in [5.41, 5.74) is 8.36. The number of hydrogen-bond donors (Lipinski definition) is 2. The van der Waals surface area contributed by atoms with Crippen LogP contribution in [0.1, 0.15) is 49.7 Å². The molecule has 106 valence electrons. The molecule has 2 rings (SSSR count). The number of nitrogens with two attached hydrogens (primary N) is 1. The summed E-state index contributed by atoms with van der Waals surface area (Å²) < 4.78 is 0. The molecular weight excluding hydrogens is 234 g/mol. The van der Waals surface area contributed by atoms with E-state index in [4.69, 9.17) is 5.73 Å². The van der Waals surface area contributed by atoms with Crippen LogP contribution in [0.25, 0.3) is 0 Å². The number of hydrogen-bond acceptors (Lipinski definition) is 2. The zero-order valence-corrected chi connectivity index (χ0v) is 11.9. The first kappa shape index (κ1) is 14.5. The van der Waals surface area contributed by atoms with Crippen LogP contribution < -0.4 is 5.73 Å². The summed E-state index contributed by atoms with van der Waals surface area (Å²) in [5, 5.41) is 10.0. The number of rotatable bonds is 6. The van der Waals surface area contributed by atoms with Crippen LogP contribution >= 0.6 is 0 Å². The topological polar surface area (TPSA) is 46.2 Å². The molecule has 0 heterocycles. The lowest BCUT2D eigenvalue weighted by atomic mass is 9.83. The van der Waals surface area contributed by atoms with Gasteiger partial charge in [0.2, 0.25) is 0 Å². The van der Waals surface area contributed by atoms with Crippen molar-refractivity contribution >= 4 is 0 Å². The van der Waals surface area contributed by atoms with Gasteiger partial charge in [-0.2, -0.15) is 0 Å². The van der Waals surface area contributed by atoms with Crippen LogP contribution in [0.3, 0.4) is 0 Å². The van der Waals surface area contributed by atoms with E-state index in [0.29, 0.717) is 5.92 Å². The van der Waals surface area contributed by atoms with Gasteiger partial charge in [-0.1, -0.05) is 37.1 Å². The number of benzene rings is 1. The van der Waals surface area contributed by atoms with E-state index in [1.165, 1.54) is 30.4 Å². The Morgan fingerprint density at radius 1 is 1.11 bits per heavy atom. The van der Waals surface area contributed by atoms with E-state index in [-0.39, 0.29) is 6.10 Å². The SMILES string of the molecule is NCCCc1cccc(CCC2CCCCC2O)c1. The average Bonchev–Trinajstić information content (AvgIpc) is 2.45. The Hall–Kier alpha value is -0.860. The summed E-state index contributed by atoms with van der Waals surface area (Å²) in [5.74, 6) is 0.515. The second kappa shape index (κ2) is 7.66. The van der Waals surface area contributed by atoms with Gasteiger partial charge in [0.05, 0.1) is 6.10 Å². The Labute approximate surface area is 117 Å². The Bertz CT molecular complexity index is 377. The Balaban J connectivity index is 1.84. The van der Waals surface area contributed by atoms with Crippen molar-refractivity contribution in [3.8, 4) is 0 Å². The van der Waals surface area contributed by atoms with E-state index >= 15 is 0 Å². The molecular formula is C17H27NO. The molecule has 0 aromatic heterocycles. The minimum atomic E-state index is -0.0610. The van der Waals surface area contributed by atoms with Crippen LogP contribution in [0.15, 0.2) is 24.3 Å². The fourth-order valence-corrected chi connectivity index (χ4v) is 3.12. The molecule has 2 atom stereocenters. The van der Waals surface area contributed by atoms with Gasteiger partial charge in [-0.05, 0) is 62.1 Å². The molecule has 19 heavy (non-hydrogen) atoms. The van der Waals surface area contributed by atoms with Crippen molar-refractivity contribution in [3.05, 3.63) is 35.4 Å². The van der Waals surface area contributed by atoms with Crippen molar-refractivity contribution in [3.63, 3.8) is 0 Å². The van der Waals surface area contributed by atoms with E-state index in [1.807, 2.05) is 0 Å². The zero-order chi connectivity index (χ0) is 13.5. The van der Waals surface area contributed by atoms with E-state index in [0.717, 1.165) is 38.6 Å². The second-order valence-electron chi connectivity index (χ2n) is 5.86. The molecule has 1 aliphatic rings. The largest absolute Gasteiger partial charge is 0.393 e. The molecule has 2 heteroatoms. The molecule has 0 bridgehead atoms. The normalized spacial score (nSPS) is 23.5. The number of aryl methyl sites for hydroxylation is 2. The highest BCUT2D eigenvalue weighted by molar-refractivity contribution is 5.23. The summed E-state index contributed by atoms with van der Waals surface area (Å²) >= 11 is 0. The van der Waals surface area contributed by atoms with Gasteiger partial charge in [-0.3, -0.25) is 0 Å². The van der Waals surface area contributed by atoms with Crippen LogP contribution in [0.4, 0.5) is 0 Å². The molecule has 1 fully saturated rings. The molecule has 0 saturated heterocycles.